The smallest absolute Gasteiger partial charge is 0.369 e. The lowest BCUT2D eigenvalue weighted by Gasteiger charge is -2.30. The number of aliphatic carboxylic acids is 1. The average Bonchev–Trinajstić information content (AvgIpc) is 3.21. The molecule has 0 bridgehead atoms. The van der Waals surface area contributed by atoms with E-state index in [1.54, 1.807) is 43.4 Å². The van der Waals surface area contributed by atoms with E-state index >= 15 is 0 Å². The van der Waals surface area contributed by atoms with Crippen LogP contribution >= 0.6 is 15.2 Å². The first kappa shape index (κ1) is 49.5. The third-order valence-corrected chi connectivity index (χ3v) is 12.9. The number of benzene rings is 2. The number of nitrogen functional groups attached to an aromatic ring is 2. The van der Waals surface area contributed by atoms with Crippen molar-refractivity contribution in [1.29, 1.82) is 0 Å². The minimum atomic E-state index is -5.55. The summed E-state index contributed by atoms with van der Waals surface area (Å²) in [5, 5.41) is 22.0. The van der Waals surface area contributed by atoms with Crippen LogP contribution in [-0.2, 0) is 34.8 Å². The number of amides is 2. The van der Waals surface area contributed by atoms with E-state index in [-0.39, 0.29) is 49.1 Å². The molecular formula is C36H47N11O14P2. The molecule has 0 radical (unpaired) electrons. The Morgan fingerprint density at radius 1 is 0.984 bits per heavy atom. The number of nitrogens with two attached hydrogens (primary N) is 2. The van der Waals surface area contributed by atoms with Gasteiger partial charge in [-0.05, 0) is 61.9 Å². The van der Waals surface area contributed by atoms with Gasteiger partial charge in [0.1, 0.15) is 11.8 Å². The first-order valence-corrected chi connectivity index (χ1v) is 21.9. The summed E-state index contributed by atoms with van der Waals surface area (Å²) in [4.78, 5) is 107. The zero-order valence-electron chi connectivity index (χ0n) is 33.8. The maximum absolute atomic E-state index is 13.1. The highest BCUT2D eigenvalue weighted by Gasteiger charge is 2.58. The van der Waals surface area contributed by atoms with E-state index in [1.165, 1.54) is 36.5 Å². The molecule has 25 nitrogen and oxygen atoms in total. The maximum Gasteiger partial charge on any atom is 0.369 e. The van der Waals surface area contributed by atoms with Crippen LogP contribution in [0.15, 0.2) is 59.8 Å². The number of hydrogen-bond donors (Lipinski definition) is 10. The van der Waals surface area contributed by atoms with E-state index in [4.69, 9.17) is 20.9 Å². The summed E-state index contributed by atoms with van der Waals surface area (Å²) >= 11 is 0. The molecule has 0 aliphatic heterocycles. The first-order valence-electron chi connectivity index (χ1n) is 18.7. The zero-order valence-corrected chi connectivity index (χ0v) is 35.6. The van der Waals surface area contributed by atoms with Gasteiger partial charge < -0.3 is 65.8 Å². The predicted molar refractivity (Wildman–Crippen MR) is 225 cm³/mol. The SMILES string of the molecule is CN(CCCOc1cccc(/C=N/NC(=O)COC(=O)C(CCC(=O)O)NC(=O)c2ccc(N(C)Cc3cnc4nc(N)nc(N)c4n3)cc2)c1)CCC(O)(P(=O)(O)O)P(=O)(O)O. The number of carbonyl (C=O) groups is 4. The van der Waals surface area contributed by atoms with Gasteiger partial charge in [0.2, 0.25) is 5.95 Å². The molecule has 4 rings (SSSR count). The summed E-state index contributed by atoms with van der Waals surface area (Å²) in [6.45, 7) is -0.295. The number of ether oxygens (including phenoxy) is 2. The Morgan fingerprint density at radius 3 is 2.35 bits per heavy atom. The van der Waals surface area contributed by atoms with Crippen molar-refractivity contribution < 1.29 is 67.6 Å². The number of aromatic nitrogens is 4. The van der Waals surface area contributed by atoms with Gasteiger partial charge in [0.25, 0.3) is 16.9 Å². The Hall–Kier alpha value is -6.17. The molecule has 0 saturated carbocycles. The number of hydrazone groups is 1. The van der Waals surface area contributed by atoms with Crippen molar-refractivity contribution in [3.8, 4) is 5.75 Å². The highest BCUT2D eigenvalue weighted by molar-refractivity contribution is 7.72. The number of fused-ring (bicyclic) bond motifs is 1. The lowest BCUT2D eigenvalue weighted by atomic mass is 10.1. The van der Waals surface area contributed by atoms with Crippen LogP contribution in [0.5, 0.6) is 5.75 Å². The lowest BCUT2D eigenvalue weighted by Crippen LogP contribution is -2.43. The Morgan fingerprint density at radius 2 is 1.68 bits per heavy atom. The molecule has 12 N–H and O–H groups in total. The molecule has 4 aromatic rings. The van der Waals surface area contributed by atoms with Crippen LogP contribution in [-0.4, -0.2) is 136 Å². The van der Waals surface area contributed by atoms with E-state index in [2.05, 4.69) is 35.8 Å². The Kier molecular flexibility index (Phi) is 17.1. The molecule has 2 aromatic heterocycles. The van der Waals surface area contributed by atoms with Crippen molar-refractivity contribution in [3.63, 3.8) is 0 Å². The van der Waals surface area contributed by atoms with Gasteiger partial charge in [-0.2, -0.15) is 15.1 Å². The van der Waals surface area contributed by atoms with Crippen LogP contribution in [0.4, 0.5) is 17.5 Å². The summed E-state index contributed by atoms with van der Waals surface area (Å²) in [6, 6.07) is 11.4. The van der Waals surface area contributed by atoms with Gasteiger partial charge in [0, 0.05) is 44.2 Å². The van der Waals surface area contributed by atoms with Gasteiger partial charge in [0.05, 0.1) is 31.3 Å². The maximum atomic E-state index is 13.1. The zero-order chi connectivity index (χ0) is 46.5. The van der Waals surface area contributed by atoms with E-state index in [0.29, 0.717) is 41.2 Å². The largest absolute Gasteiger partial charge is 0.494 e. The van der Waals surface area contributed by atoms with Crippen LogP contribution in [0.25, 0.3) is 11.2 Å². The number of rotatable bonds is 23. The fourth-order valence-electron chi connectivity index (χ4n) is 5.59. The van der Waals surface area contributed by atoms with Gasteiger partial charge in [-0.15, -0.1) is 0 Å². The molecule has 0 spiro atoms. The van der Waals surface area contributed by atoms with E-state index in [0.717, 1.165) is 0 Å². The van der Waals surface area contributed by atoms with Crippen molar-refractivity contribution in [3.05, 3.63) is 71.5 Å². The molecule has 1 atom stereocenters. The van der Waals surface area contributed by atoms with Crippen LogP contribution < -0.4 is 31.8 Å². The quantitative estimate of drug-likeness (QED) is 0.0153. The number of carbonyl (C=O) groups excluding carboxylic acids is 3. The monoisotopic (exact) mass is 919 g/mol. The third kappa shape index (κ3) is 14.4. The molecule has 63 heavy (non-hydrogen) atoms. The molecular weight excluding hydrogens is 872 g/mol. The van der Waals surface area contributed by atoms with Crippen LogP contribution in [0.3, 0.4) is 0 Å². The van der Waals surface area contributed by atoms with Crippen LogP contribution in [0.1, 0.15) is 47.3 Å². The number of esters is 1. The number of nitrogens with one attached hydrogen (secondary N) is 2. The molecule has 0 aliphatic carbocycles. The molecule has 27 heteroatoms. The molecule has 340 valence electrons. The minimum absolute atomic E-state index is 0.0256. The normalized spacial score (nSPS) is 12.6. The van der Waals surface area contributed by atoms with E-state index in [1.807, 2.05) is 4.90 Å². The number of carboxylic acid groups (broad SMARTS) is 1. The van der Waals surface area contributed by atoms with Crippen molar-refractivity contribution >= 4 is 73.8 Å². The highest BCUT2D eigenvalue weighted by Crippen LogP contribution is 2.68. The minimum Gasteiger partial charge on any atom is -0.494 e. The van der Waals surface area contributed by atoms with Crippen molar-refractivity contribution in [2.45, 2.75) is 43.4 Å². The Bertz CT molecular complexity index is 2380. The second-order valence-corrected chi connectivity index (χ2v) is 18.0. The summed E-state index contributed by atoms with van der Waals surface area (Å²) < 4.78 is 33.8. The third-order valence-electron chi connectivity index (χ3n) is 9.03. The molecule has 0 saturated heterocycles. The van der Waals surface area contributed by atoms with Crippen LogP contribution in [0, 0.1) is 0 Å². The van der Waals surface area contributed by atoms with Crippen LogP contribution in [0.2, 0.25) is 0 Å². The molecule has 2 aromatic carbocycles. The van der Waals surface area contributed by atoms with Crippen molar-refractivity contribution in [2.75, 3.05) is 56.8 Å². The van der Waals surface area contributed by atoms with Gasteiger partial charge in [-0.3, -0.25) is 23.5 Å². The molecule has 0 fully saturated rings. The molecule has 0 aliphatic rings. The van der Waals surface area contributed by atoms with E-state index in [9.17, 15) is 58.1 Å². The van der Waals surface area contributed by atoms with Gasteiger partial charge in [-0.25, -0.2) is 20.2 Å². The molecule has 2 amide bonds. The summed E-state index contributed by atoms with van der Waals surface area (Å²) in [6.07, 6.45) is 1.49. The number of anilines is 3. The fourth-order valence-corrected chi connectivity index (χ4v) is 7.73. The first-order chi connectivity index (χ1) is 29.6. The fraction of sp³-hybridized carbons (Fsp3) is 0.361. The molecule has 1 unspecified atom stereocenters. The second-order valence-electron chi connectivity index (χ2n) is 14.0. The lowest BCUT2D eigenvalue weighted by molar-refractivity contribution is -0.150. The number of carboxylic acids is 1. The predicted octanol–water partition coefficient (Wildman–Crippen LogP) is -0.0304. The second kappa shape index (κ2) is 21.8. The van der Waals surface area contributed by atoms with Gasteiger partial charge >= 0.3 is 27.1 Å². The van der Waals surface area contributed by atoms with Crippen molar-refractivity contribution in [2.24, 2.45) is 5.10 Å². The average molecular weight is 920 g/mol. The molecule has 2 heterocycles. The number of aliphatic hydroxyl groups is 1. The van der Waals surface area contributed by atoms with Gasteiger partial charge in [-0.1, -0.05) is 12.1 Å². The topological polar surface area (TPSA) is 389 Å². The number of nitrogens with zero attached hydrogens (tertiary/aromatic N) is 7. The van der Waals surface area contributed by atoms with E-state index < -0.39 is 69.5 Å². The Labute approximate surface area is 358 Å². The standard InChI is InChI=1S/C36H47N11O14P2/c1-46(15-13-36(53,62(54,55)56)63(57,58)59)14-4-16-60-26-6-3-5-22(17-26)18-40-45-28(48)21-61-34(52)27(11-12-29(49)50)42-33(51)23-7-9-25(10-8-23)47(2)20-24-19-39-32-30(41-24)31(37)43-35(38)44-32/h3,5-10,17-19,27,53H,4,11-16,20-21H2,1-2H3,(H,42,51)(H,45,48)(H,49,50)(H2,54,55,56)(H2,57,58,59)(H4,37,38,39,43,44)/b40-18+. The summed E-state index contributed by atoms with van der Waals surface area (Å²) in [7, 11) is -7.79. The summed E-state index contributed by atoms with van der Waals surface area (Å²) in [5.74, 6) is -3.34. The summed E-state index contributed by atoms with van der Waals surface area (Å²) in [5.41, 5.74) is 16.2. The van der Waals surface area contributed by atoms with Crippen molar-refractivity contribution in [1.82, 2.24) is 35.6 Å². The van der Waals surface area contributed by atoms with Gasteiger partial charge in [0.15, 0.2) is 23.6 Å². The highest BCUT2D eigenvalue weighted by atomic mass is 31.2. The Balaban J connectivity index is 1.22. The number of hydrogen-bond acceptors (Lipinski definition) is 18.